The van der Waals surface area contributed by atoms with E-state index in [1.54, 1.807) is 19.2 Å². The Labute approximate surface area is 87.9 Å². The first-order valence-electron chi connectivity index (χ1n) is 4.23. The number of carboxylic acid groups (broad SMARTS) is 1. The summed E-state index contributed by atoms with van der Waals surface area (Å²) < 4.78 is 0. The standard InChI is InChI=1S/C10H12ClNO2/c1-7(12(2)10(13)14)8-3-5-9(11)6-4-8/h3-7H,1-2H3,(H,13,14)/t7-/m1/s1. The Morgan fingerprint density at radius 3 is 2.36 bits per heavy atom. The zero-order chi connectivity index (χ0) is 10.7. The van der Waals surface area contributed by atoms with Crippen LogP contribution in [0.5, 0.6) is 0 Å². The molecule has 0 aliphatic rings. The van der Waals surface area contributed by atoms with E-state index < -0.39 is 6.09 Å². The molecule has 0 saturated carbocycles. The summed E-state index contributed by atoms with van der Waals surface area (Å²) in [6.07, 6.45) is -0.938. The Kier molecular flexibility index (Phi) is 3.36. The quantitative estimate of drug-likeness (QED) is 0.821. The summed E-state index contributed by atoms with van der Waals surface area (Å²) in [6, 6.07) is 7.00. The van der Waals surface area contributed by atoms with Gasteiger partial charge in [0.25, 0.3) is 0 Å². The highest BCUT2D eigenvalue weighted by Gasteiger charge is 2.15. The third-order valence-corrected chi connectivity index (χ3v) is 2.49. The summed E-state index contributed by atoms with van der Waals surface area (Å²) in [7, 11) is 1.54. The van der Waals surface area contributed by atoms with Gasteiger partial charge in [0.2, 0.25) is 0 Å². The first-order chi connectivity index (χ1) is 6.52. The molecular formula is C10H12ClNO2. The smallest absolute Gasteiger partial charge is 0.407 e. The summed E-state index contributed by atoms with van der Waals surface area (Å²) in [5.41, 5.74) is 0.930. The zero-order valence-corrected chi connectivity index (χ0v) is 8.82. The number of rotatable bonds is 2. The second-order valence-electron chi connectivity index (χ2n) is 3.12. The lowest BCUT2D eigenvalue weighted by Crippen LogP contribution is -2.27. The first kappa shape index (κ1) is 10.9. The molecule has 0 unspecified atom stereocenters. The van der Waals surface area contributed by atoms with Gasteiger partial charge in [-0.3, -0.25) is 0 Å². The SMILES string of the molecule is C[C@H](c1ccc(Cl)cc1)N(C)C(=O)O. The molecule has 0 bridgehead atoms. The van der Waals surface area contributed by atoms with Crippen LogP contribution in [0.15, 0.2) is 24.3 Å². The van der Waals surface area contributed by atoms with Gasteiger partial charge in [0, 0.05) is 12.1 Å². The van der Waals surface area contributed by atoms with E-state index in [-0.39, 0.29) is 6.04 Å². The van der Waals surface area contributed by atoms with Crippen molar-refractivity contribution in [1.29, 1.82) is 0 Å². The maximum absolute atomic E-state index is 10.7. The number of hydrogen-bond acceptors (Lipinski definition) is 1. The van der Waals surface area contributed by atoms with Gasteiger partial charge in [-0.2, -0.15) is 0 Å². The van der Waals surface area contributed by atoms with Crippen LogP contribution in [0.3, 0.4) is 0 Å². The molecule has 14 heavy (non-hydrogen) atoms. The predicted molar refractivity (Wildman–Crippen MR) is 55.7 cm³/mol. The van der Waals surface area contributed by atoms with Crippen molar-refractivity contribution >= 4 is 17.7 Å². The van der Waals surface area contributed by atoms with Gasteiger partial charge >= 0.3 is 6.09 Å². The topological polar surface area (TPSA) is 40.5 Å². The number of carbonyl (C=O) groups is 1. The first-order valence-corrected chi connectivity index (χ1v) is 4.61. The van der Waals surface area contributed by atoms with E-state index in [9.17, 15) is 4.79 Å². The van der Waals surface area contributed by atoms with Crippen LogP contribution in [-0.2, 0) is 0 Å². The summed E-state index contributed by atoms with van der Waals surface area (Å²) in [4.78, 5) is 11.9. The Morgan fingerprint density at radius 1 is 1.43 bits per heavy atom. The average molecular weight is 214 g/mol. The average Bonchev–Trinajstić information content (AvgIpc) is 2.16. The monoisotopic (exact) mass is 213 g/mol. The molecule has 0 aliphatic heterocycles. The second-order valence-corrected chi connectivity index (χ2v) is 3.56. The van der Waals surface area contributed by atoms with Crippen molar-refractivity contribution in [3.8, 4) is 0 Å². The van der Waals surface area contributed by atoms with Gasteiger partial charge in [0.05, 0.1) is 6.04 Å². The van der Waals surface area contributed by atoms with Gasteiger partial charge in [0.15, 0.2) is 0 Å². The highest BCUT2D eigenvalue weighted by molar-refractivity contribution is 6.30. The molecule has 1 N–H and O–H groups in total. The molecule has 3 nitrogen and oxygen atoms in total. The van der Waals surface area contributed by atoms with Crippen molar-refractivity contribution in [2.24, 2.45) is 0 Å². The van der Waals surface area contributed by atoms with Gasteiger partial charge in [-0.25, -0.2) is 4.79 Å². The fourth-order valence-corrected chi connectivity index (χ4v) is 1.26. The van der Waals surface area contributed by atoms with E-state index >= 15 is 0 Å². The van der Waals surface area contributed by atoms with Crippen LogP contribution in [0.4, 0.5) is 4.79 Å². The van der Waals surface area contributed by atoms with E-state index in [0.717, 1.165) is 5.56 Å². The minimum atomic E-state index is -0.938. The highest BCUT2D eigenvalue weighted by Crippen LogP contribution is 2.20. The summed E-state index contributed by atoms with van der Waals surface area (Å²) >= 11 is 5.73. The molecule has 1 aromatic rings. The van der Waals surface area contributed by atoms with Crippen LogP contribution in [-0.4, -0.2) is 23.1 Å². The van der Waals surface area contributed by atoms with E-state index in [0.29, 0.717) is 5.02 Å². The van der Waals surface area contributed by atoms with Crippen molar-refractivity contribution < 1.29 is 9.90 Å². The van der Waals surface area contributed by atoms with Crippen LogP contribution in [0.25, 0.3) is 0 Å². The minimum Gasteiger partial charge on any atom is -0.465 e. The van der Waals surface area contributed by atoms with Crippen molar-refractivity contribution in [3.05, 3.63) is 34.9 Å². The molecule has 0 heterocycles. The van der Waals surface area contributed by atoms with Crippen molar-refractivity contribution in [3.63, 3.8) is 0 Å². The largest absolute Gasteiger partial charge is 0.465 e. The molecule has 0 radical (unpaired) electrons. The van der Waals surface area contributed by atoms with Crippen molar-refractivity contribution in [2.45, 2.75) is 13.0 Å². The number of halogens is 1. The van der Waals surface area contributed by atoms with Crippen LogP contribution in [0.1, 0.15) is 18.5 Å². The normalized spacial score (nSPS) is 12.2. The van der Waals surface area contributed by atoms with Gasteiger partial charge in [-0.15, -0.1) is 0 Å². The van der Waals surface area contributed by atoms with E-state index in [2.05, 4.69) is 0 Å². The van der Waals surface area contributed by atoms with Crippen LogP contribution in [0.2, 0.25) is 5.02 Å². The third-order valence-electron chi connectivity index (χ3n) is 2.24. The maximum atomic E-state index is 10.7. The number of nitrogens with zero attached hydrogens (tertiary/aromatic N) is 1. The van der Waals surface area contributed by atoms with Crippen LogP contribution >= 0.6 is 11.6 Å². The molecule has 0 aromatic heterocycles. The molecule has 4 heteroatoms. The lowest BCUT2D eigenvalue weighted by atomic mass is 10.1. The molecular weight excluding hydrogens is 202 g/mol. The summed E-state index contributed by atoms with van der Waals surface area (Å²) in [5.74, 6) is 0. The fraction of sp³-hybridized carbons (Fsp3) is 0.300. The molecule has 1 atom stereocenters. The molecule has 1 rings (SSSR count). The number of benzene rings is 1. The van der Waals surface area contributed by atoms with Crippen molar-refractivity contribution in [1.82, 2.24) is 4.90 Å². The highest BCUT2D eigenvalue weighted by atomic mass is 35.5. The van der Waals surface area contributed by atoms with Crippen LogP contribution in [0, 0.1) is 0 Å². The third kappa shape index (κ3) is 2.39. The minimum absolute atomic E-state index is 0.162. The Bertz CT molecular complexity index is 323. The van der Waals surface area contributed by atoms with Gasteiger partial charge < -0.3 is 10.0 Å². The Morgan fingerprint density at radius 2 is 1.93 bits per heavy atom. The second kappa shape index (κ2) is 4.33. The number of hydrogen-bond donors (Lipinski definition) is 1. The van der Waals surface area contributed by atoms with Crippen molar-refractivity contribution in [2.75, 3.05) is 7.05 Å². The zero-order valence-electron chi connectivity index (χ0n) is 8.07. The lowest BCUT2D eigenvalue weighted by molar-refractivity contribution is 0.142. The molecule has 1 amide bonds. The van der Waals surface area contributed by atoms with E-state index in [1.165, 1.54) is 4.90 Å². The van der Waals surface area contributed by atoms with E-state index in [1.807, 2.05) is 19.1 Å². The number of amides is 1. The molecule has 76 valence electrons. The van der Waals surface area contributed by atoms with Gasteiger partial charge in [0.1, 0.15) is 0 Å². The molecule has 0 aliphatic carbocycles. The van der Waals surface area contributed by atoms with Crippen LogP contribution < -0.4 is 0 Å². The predicted octanol–water partition coefficient (Wildman–Crippen LogP) is 3.01. The fourth-order valence-electron chi connectivity index (χ4n) is 1.13. The molecule has 0 saturated heterocycles. The lowest BCUT2D eigenvalue weighted by Gasteiger charge is -2.22. The Balaban J connectivity index is 2.84. The molecule has 1 aromatic carbocycles. The molecule has 0 spiro atoms. The van der Waals surface area contributed by atoms with Gasteiger partial charge in [-0.1, -0.05) is 23.7 Å². The van der Waals surface area contributed by atoms with Gasteiger partial charge in [-0.05, 0) is 24.6 Å². The molecule has 0 fully saturated rings. The van der Waals surface area contributed by atoms with E-state index in [4.69, 9.17) is 16.7 Å². The maximum Gasteiger partial charge on any atom is 0.407 e. The summed E-state index contributed by atoms with van der Waals surface area (Å²) in [6.45, 7) is 1.83. The Hall–Kier alpha value is -1.22. The summed E-state index contributed by atoms with van der Waals surface area (Å²) in [5, 5.41) is 9.42.